The van der Waals surface area contributed by atoms with E-state index in [1.165, 1.54) is 12.1 Å². The summed E-state index contributed by atoms with van der Waals surface area (Å²) in [5.74, 6) is 0.107. The SMILES string of the molecule is CN(C)CCCN(C)C(=O)N1N=C2c3cc(F)ccc3OC[C@H]2[C@H]1c1ccccc1. The fraction of sp³-hybridized carbons (Fsp3) is 0.391. The van der Waals surface area contributed by atoms with Gasteiger partial charge in [-0.15, -0.1) is 0 Å². The lowest BCUT2D eigenvalue weighted by molar-refractivity contribution is 0.132. The van der Waals surface area contributed by atoms with Crippen LogP contribution in [0, 0.1) is 11.7 Å². The summed E-state index contributed by atoms with van der Waals surface area (Å²) in [6.07, 6.45) is 0.871. The van der Waals surface area contributed by atoms with E-state index >= 15 is 0 Å². The molecule has 0 saturated heterocycles. The second kappa shape index (κ2) is 8.44. The molecule has 7 heteroatoms. The van der Waals surface area contributed by atoms with Crippen molar-refractivity contribution < 1.29 is 13.9 Å². The summed E-state index contributed by atoms with van der Waals surface area (Å²) in [6, 6.07) is 13.8. The third kappa shape index (κ3) is 3.89. The molecular weight excluding hydrogens is 383 g/mol. The highest BCUT2D eigenvalue weighted by molar-refractivity contribution is 6.07. The molecule has 158 valence electrons. The predicted octanol–water partition coefficient (Wildman–Crippen LogP) is 3.60. The maximum atomic E-state index is 14.0. The minimum Gasteiger partial charge on any atom is -0.492 e. The van der Waals surface area contributed by atoms with Crippen LogP contribution in [-0.4, -0.2) is 67.4 Å². The molecule has 2 aliphatic rings. The number of halogens is 1. The third-order valence-corrected chi connectivity index (χ3v) is 5.61. The second-order valence-corrected chi connectivity index (χ2v) is 8.10. The van der Waals surface area contributed by atoms with E-state index in [0.717, 1.165) is 18.5 Å². The van der Waals surface area contributed by atoms with E-state index in [1.807, 2.05) is 44.4 Å². The van der Waals surface area contributed by atoms with E-state index in [0.29, 0.717) is 30.2 Å². The molecule has 2 amide bonds. The van der Waals surface area contributed by atoms with Crippen LogP contribution in [0.3, 0.4) is 0 Å². The Kier molecular flexibility index (Phi) is 5.72. The van der Waals surface area contributed by atoms with Crippen LogP contribution in [0.5, 0.6) is 5.75 Å². The quantitative estimate of drug-likeness (QED) is 0.757. The molecule has 0 radical (unpaired) electrons. The Bertz CT molecular complexity index is 947. The first kappa shape index (κ1) is 20.3. The molecule has 2 aromatic rings. The van der Waals surface area contributed by atoms with Crippen molar-refractivity contribution in [3.63, 3.8) is 0 Å². The molecule has 2 heterocycles. The number of fused-ring (bicyclic) bond motifs is 3. The van der Waals surface area contributed by atoms with Crippen LogP contribution in [0.2, 0.25) is 0 Å². The molecule has 0 N–H and O–H groups in total. The fourth-order valence-electron chi connectivity index (χ4n) is 4.08. The Labute approximate surface area is 176 Å². The smallest absolute Gasteiger partial charge is 0.340 e. The zero-order valence-electron chi connectivity index (χ0n) is 17.6. The Morgan fingerprint density at radius 2 is 1.93 bits per heavy atom. The van der Waals surface area contributed by atoms with Gasteiger partial charge >= 0.3 is 6.03 Å². The van der Waals surface area contributed by atoms with E-state index in [9.17, 15) is 9.18 Å². The number of rotatable bonds is 5. The molecule has 0 fully saturated rings. The maximum absolute atomic E-state index is 14.0. The van der Waals surface area contributed by atoms with E-state index in [-0.39, 0.29) is 23.8 Å². The molecule has 0 spiro atoms. The Morgan fingerprint density at radius 1 is 1.17 bits per heavy atom. The predicted molar refractivity (Wildman–Crippen MR) is 114 cm³/mol. The van der Waals surface area contributed by atoms with Crippen molar-refractivity contribution in [3.05, 3.63) is 65.5 Å². The summed E-state index contributed by atoms with van der Waals surface area (Å²) in [6.45, 7) is 1.93. The van der Waals surface area contributed by atoms with Crippen molar-refractivity contribution in [2.75, 3.05) is 40.8 Å². The number of hydrogen-bond donors (Lipinski definition) is 0. The number of hydrazone groups is 1. The summed E-state index contributed by atoms with van der Waals surface area (Å²) in [5, 5.41) is 6.27. The first-order valence-corrected chi connectivity index (χ1v) is 10.2. The van der Waals surface area contributed by atoms with E-state index in [2.05, 4.69) is 4.90 Å². The fourth-order valence-corrected chi connectivity index (χ4v) is 4.08. The topological polar surface area (TPSA) is 48.4 Å². The molecule has 0 unspecified atom stereocenters. The third-order valence-electron chi connectivity index (χ3n) is 5.61. The zero-order valence-corrected chi connectivity index (χ0v) is 17.6. The van der Waals surface area contributed by atoms with Crippen molar-refractivity contribution >= 4 is 11.7 Å². The molecule has 0 bridgehead atoms. The number of amides is 2. The molecular formula is C23H27FN4O2. The molecule has 30 heavy (non-hydrogen) atoms. The zero-order chi connectivity index (χ0) is 21.3. The van der Waals surface area contributed by atoms with Gasteiger partial charge in [0.2, 0.25) is 0 Å². The van der Waals surface area contributed by atoms with Crippen LogP contribution >= 0.6 is 0 Å². The van der Waals surface area contributed by atoms with Crippen LogP contribution in [0.1, 0.15) is 23.6 Å². The minimum absolute atomic E-state index is 0.152. The number of hydrogen-bond acceptors (Lipinski definition) is 4. The van der Waals surface area contributed by atoms with E-state index in [4.69, 9.17) is 9.84 Å². The molecule has 2 aliphatic heterocycles. The number of carbonyl (C=O) groups excluding carboxylic acids is 1. The number of nitrogens with zero attached hydrogens (tertiary/aromatic N) is 4. The average molecular weight is 410 g/mol. The lowest BCUT2D eigenvalue weighted by Gasteiger charge is -2.31. The average Bonchev–Trinajstić information content (AvgIpc) is 3.13. The Balaban J connectivity index is 1.67. The molecule has 0 aromatic heterocycles. The standard InChI is InChI=1S/C23H27FN4O2/c1-26(2)12-7-13-27(3)23(29)28-22(16-8-5-4-6-9-16)19-15-30-20-11-10-17(24)14-18(20)21(19)25-28/h4-6,8-11,14,19,22H,7,12-13,15H2,1-3H3/t19-,22-/m1/s1. The minimum atomic E-state index is -0.345. The van der Waals surface area contributed by atoms with Gasteiger partial charge in [-0.25, -0.2) is 14.2 Å². The summed E-state index contributed by atoms with van der Waals surface area (Å²) < 4.78 is 19.9. The van der Waals surface area contributed by atoms with Crippen LogP contribution in [-0.2, 0) is 0 Å². The van der Waals surface area contributed by atoms with Crippen molar-refractivity contribution in [2.45, 2.75) is 12.5 Å². The first-order valence-electron chi connectivity index (χ1n) is 10.2. The largest absolute Gasteiger partial charge is 0.492 e. The van der Waals surface area contributed by atoms with Gasteiger partial charge in [-0.2, -0.15) is 5.10 Å². The van der Waals surface area contributed by atoms with Crippen molar-refractivity contribution in [1.82, 2.24) is 14.8 Å². The highest BCUT2D eigenvalue weighted by Gasteiger charge is 2.45. The second-order valence-electron chi connectivity index (χ2n) is 8.10. The Hall–Kier alpha value is -2.93. The van der Waals surface area contributed by atoms with Gasteiger partial charge < -0.3 is 14.5 Å². The van der Waals surface area contributed by atoms with Crippen molar-refractivity contribution in [1.29, 1.82) is 0 Å². The monoisotopic (exact) mass is 410 g/mol. The number of benzene rings is 2. The molecule has 6 nitrogen and oxygen atoms in total. The normalized spacial score (nSPS) is 19.8. The Morgan fingerprint density at radius 3 is 2.67 bits per heavy atom. The molecule has 0 saturated carbocycles. The molecule has 0 aliphatic carbocycles. The van der Waals surface area contributed by atoms with Gasteiger partial charge in [-0.05, 0) is 50.8 Å². The van der Waals surface area contributed by atoms with Gasteiger partial charge in [0, 0.05) is 19.2 Å². The van der Waals surface area contributed by atoms with Crippen LogP contribution in [0.25, 0.3) is 0 Å². The van der Waals surface area contributed by atoms with Gasteiger partial charge in [0.05, 0.1) is 24.3 Å². The summed E-state index contributed by atoms with van der Waals surface area (Å²) in [7, 11) is 5.83. The summed E-state index contributed by atoms with van der Waals surface area (Å²) in [4.78, 5) is 17.1. The highest BCUT2D eigenvalue weighted by atomic mass is 19.1. The number of urea groups is 1. The first-order chi connectivity index (χ1) is 14.5. The van der Waals surface area contributed by atoms with E-state index < -0.39 is 0 Å². The van der Waals surface area contributed by atoms with E-state index in [1.54, 1.807) is 23.0 Å². The van der Waals surface area contributed by atoms with Crippen molar-refractivity contribution in [2.24, 2.45) is 11.0 Å². The van der Waals surface area contributed by atoms with Crippen molar-refractivity contribution in [3.8, 4) is 5.75 Å². The molecule has 2 aromatic carbocycles. The molecule has 2 atom stereocenters. The van der Waals surface area contributed by atoms with Crippen LogP contribution in [0.15, 0.2) is 53.6 Å². The van der Waals surface area contributed by atoms with Gasteiger partial charge in [-0.1, -0.05) is 30.3 Å². The van der Waals surface area contributed by atoms with Gasteiger partial charge in [0.15, 0.2) is 0 Å². The lowest BCUT2D eigenvalue weighted by atomic mass is 9.86. The highest BCUT2D eigenvalue weighted by Crippen LogP contribution is 2.42. The van der Waals surface area contributed by atoms with Gasteiger partial charge in [-0.3, -0.25) is 0 Å². The van der Waals surface area contributed by atoms with Gasteiger partial charge in [0.1, 0.15) is 11.6 Å². The number of ether oxygens (including phenoxy) is 1. The lowest BCUT2D eigenvalue weighted by Crippen LogP contribution is -2.41. The van der Waals surface area contributed by atoms with Gasteiger partial charge in [0.25, 0.3) is 0 Å². The summed E-state index contributed by atoms with van der Waals surface area (Å²) >= 11 is 0. The van der Waals surface area contributed by atoms with Crippen LogP contribution < -0.4 is 4.74 Å². The number of carbonyl (C=O) groups is 1. The summed E-state index contributed by atoms with van der Waals surface area (Å²) in [5.41, 5.74) is 2.32. The molecule has 4 rings (SSSR count). The van der Waals surface area contributed by atoms with Crippen LogP contribution in [0.4, 0.5) is 9.18 Å². The maximum Gasteiger partial charge on any atom is 0.340 e.